The Kier molecular flexibility index (Phi) is 3.23. The van der Waals surface area contributed by atoms with Gasteiger partial charge in [0.25, 0.3) is 0 Å². The number of fused-ring (bicyclic) bond motifs is 2. The number of nitrogens with zero attached hydrogens (tertiary/aromatic N) is 2. The summed E-state index contributed by atoms with van der Waals surface area (Å²) in [7, 11) is 0. The van der Waals surface area contributed by atoms with Gasteiger partial charge in [-0.2, -0.15) is 0 Å². The minimum Gasteiger partial charge on any atom is -0.450 e. The molecule has 1 aromatic heterocycles. The summed E-state index contributed by atoms with van der Waals surface area (Å²) in [6.07, 6.45) is 2.76. The molecular formula is C18H12N2O4. The van der Waals surface area contributed by atoms with Crippen LogP contribution < -0.4 is 4.74 Å². The summed E-state index contributed by atoms with van der Waals surface area (Å²) in [4.78, 5) is 26.9. The molecule has 0 saturated carbocycles. The summed E-state index contributed by atoms with van der Waals surface area (Å²) in [5, 5.41) is 11.9. The van der Waals surface area contributed by atoms with E-state index in [1.54, 1.807) is 48.7 Å². The molecule has 6 nitrogen and oxygen atoms in total. The van der Waals surface area contributed by atoms with E-state index in [-0.39, 0.29) is 17.2 Å². The zero-order valence-electron chi connectivity index (χ0n) is 12.6. The lowest BCUT2D eigenvalue weighted by molar-refractivity contribution is -0.383. The first-order valence-corrected chi connectivity index (χ1v) is 7.49. The van der Waals surface area contributed by atoms with Crippen LogP contribution in [0.2, 0.25) is 0 Å². The van der Waals surface area contributed by atoms with Gasteiger partial charge in [-0.1, -0.05) is 0 Å². The maximum atomic E-state index is 11.7. The van der Waals surface area contributed by atoms with Crippen molar-refractivity contribution >= 4 is 22.4 Å². The minimum absolute atomic E-state index is 0.114. The van der Waals surface area contributed by atoms with Crippen LogP contribution in [-0.4, -0.2) is 15.7 Å². The molecule has 0 amide bonds. The summed E-state index contributed by atoms with van der Waals surface area (Å²) >= 11 is 0. The number of rotatable bonds is 3. The second-order valence-corrected chi connectivity index (χ2v) is 5.58. The van der Waals surface area contributed by atoms with Crippen LogP contribution in [0.3, 0.4) is 0 Å². The Morgan fingerprint density at radius 3 is 2.83 bits per heavy atom. The molecule has 1 aliphatic rings. The van der Waals surface area contributed by atoms with Crippen molar-refractivity contribution < 1.29 is 14.5 Å². The highest BCUT2D eigenvalue weighted by Gasteiger charge is 2.23. The third kappa shape index (κ3) is 2.28. The van der Waals surface area contributed by atoms with E-state index in [1.807, 2.05) is 0 Å². The normalized spacial score (nSPS) is 13.1. The fourth-order valence-electron chi connectivity index (χ4n) is 3.01. The smallest absolute Gasteiger partial charge is 0.320 e. The number of nitro benzene ring substituents is 1. The van der Waals surface area contributed by atoms with Gasteiger partial charge in [0, 0.05) is 18.2 Å². The van der Waals surface area contributed by atoms with E-state index in [1.165, 1.54) is 0 Å². The highest BCUT2D eigenvalue weighted by molar-refractivity contribution is 6.00. The number of Topliss-reactive ketones (excluding diaryl/α,β-unsaturated/α-hetero) is 1. The Labute approximate surface area is 136 Å². The molecule has 0 N–H and O–H groups in total. The van der Waals surface area contributed by atoms with Gasteiger partial charge in [0.15, 0.2) is 5.78 Å². The van der Waals surface area contributed by atoms with Gasteiger partial charge < -0.3 is 4.74 Å². The first-order chi connectivity index (χ1) is 11.6. The standard InChI is InChI=1S/C18H12N2O4/c21-16-7-3-11-10-12(4-5-13(11)16)24-17-8-6-15-14(2-1-9-19-15)18(17)20(22)23/h1-2,4-6,8-10H,3,7H2. The number of ether oxygens (including phenoxy) is 1. The molecule has 4 rings (SSSR count). The number of ketones is 1. The molecule has 0 fully saturated rings. The maximum absolute atomic E-state index is 11.7. The first kappa shape index (κ1) is 14.3. The lowest BCUT2D eigenvalue weighted by atomic mass is 10.1. The van der Waals surface area contributed by atoms with E-state index in [0.717, 1.165) is 5.56 Å². The predicted octanol–water partition coefficient (Wildman–Crippen LogP) is 4.06. The Bertz CT molecular complexity index is 997. The lowest BCUT2D eigenvalue weighted by Gasteiger charge is -2.09. The van der Waals surface area contributed by atoms with Gasteiger partial charge in [-0.15, -0.1) is 0 Å². The fourth-order valence-corrected chi connectivity index (χ4v) is 3.01. The van der Waals surface area contributed by atoms with Gasteiger partial charge in [0.05, 0.1) is 15.8 Å². The Morgan fingerprint density at radius 2 is 2.00 bits per heavy atom. The second-order valence-electron chi connectivity index (χ2n) is 5.58. The second kappa shape index (κ2) is 5.42. The van der Waals surface area contributed by atoms with Crippen LogP contribution in [0, 0.1) is 10.1 Å². The fraction of sp³-hybridized carbons (Fsp3) is 0.111. The average molecular weight is 320 g/mol. The maximum Gasteiger partial charge on any atom is 0.320 e. The van der Waals surface area contributed by atoms with Crippen LogP contribution in [0.25, 0.3) is 10.9 Å². The third-order valence-corrected chi connectivity index (χ3v) is 4.13. The quantitative estimate of drug-likeness (QED) is 0.537. The van der Waals surface area contributed by atoms with Gasteiger partial charge in [0.2, 0.25) is 5.75 Å². The molecule has 24 heavy (non-hydrogen) atoms. The summed E-state index contributed by atoms with van der Waals surface area (Å²) in [6.45, 7) is 0. The highest BCUT2D eigenvalue weighted by atomic mass is 16.6. The monoisotopic (exact) mass is 320 g/mol. The van der Waals surface area contributed by atoms with Crippen LogP contribution in [-0.2, 0) is 6.42 Å². The molecule has 0 saturated heterocycles. The first-order valence-electron chi connectivity index (χ1n) is 7.49. The zero-order valence-corrected chi connectivity index (χ0v) is 12.6. The van der Waals surface area contributed by atoms with Crippen molar-refractivity contribution in [3.05, 3.63) is 69.9 Å². The summed E-state index contributed by atoms with van der Waals surface area (Å²) in [6, 6.07) is 11.7. The number of hydrogen-bond donors (Lipinski definition) is 0. The van der Waals surface area contributed by atoms with Crippen molar-refractivity contribution in [2.75, 3.05) is 0 Å². The highest BCUT2D eigenvalue weighted by Crippen LogP contribution is 2.38. The average Bonchev–Trinajstić information content (AvgIpc) is 2.95. The van der Waals surface area contributed by atoms with Gasteiger partial charge in [-0.3, -0.25) is 19.9 Å². The lowest BCUT2D eigenvalue weighted by Crippen LogP contribution is -1.96. The third-order valence-electron chi connectivity index (χ3n) is 4.13. The Balaban J connectivity index is 1.79. The number of hydrogen-bond acceptors (Lipinski definition) is 5. The molecule has 3 aromatic rings. The molecule has 118 valence electrons. The van der Waals surface area contributed by atoms with Crippen molar-refractivity contribution in [1.29, 1.82) is 0 Å². The van der Waals surface area contributed by atoms with Gasteiger partial charge in [0.1, 0.15) is 5.75 Å². The number of pyridine rings is 1. The molecule has 0 radical (unpaired) electrons. The number of carbonyl (C=O) groups excluding carboxylic acids is 1. The summed E-state index contributed by atoms with van der Waals surface area (Å²) < 4.78 is 5.76. The van der Waals surface area contributed by atoms with Crippen molar-refractivity contribution in [1.82, 2.24) is 4.98 Å². The molecule has 2 aromatic carbocycles. The van der Waals surface area contributed by atoms with E-state index >= 15 is 0 Å². The van der Waals surface area contributed by atoms with Gasteiger partial charge in [-0.25, -0.2) is 0 Å². The van der Waals surface area contributed by atoms with Crippen molar-refractivity contribution in [3.63, 3.8) is 0 Å². The van der Waals surface area contributed by atoms with Crippen LogP contribution in [0.15, 0.2) is 48.7 Å². The molecule has 0 bridgehead atoms. The van der Waals surface area contributed by atoms with Crippen LogP contribution in [0.4, 0.5) is 5.69 Å². The van der Waals surface area contributed by atoms with Crippen molar-refractivity contribution in [2.45, 2.75) is 12.8 Å². The van der Waals surface area contributed by atoms with Crippen LogP contribution >= 0.6 is 0 Å². The molecule has 0 spiro atoms. The van der Waals surface area contributed by atoms with E-state index in [9.17, 15) is 14.9 Å². The van der Waals surface area contributed by atoms with E-state index in [0.29, 0.717) is 35.1 Å². The molecule has 6 heteroatoms. The summed E-state index contributed by atoms with van der Waals surface area (Å²) in [5.41, 5.74) is 2.05. The predicted molar refractivity (Wildman–Crippen MR) is 87.6 cm³/mol. The molecule has 1 aliphatic carbocycles. The molecule has 1 heterocycles. The van der Waals surface area contributed by atoms with E-state index < -0.39 is 4.92 Å². The van der Waals surface area contributed by atoms with Gasteiger partial charge >= 0.3 is 5.69 Å². The van der Waals surface area contributed by atoms with E-state index in [4.69, 9.17) is 4.74 Å². The number of benzene rings is 2. The Morgan fingerprint density at radius 1 is 1.12 bits per heavy atom. The van der Waals surface area contributed by atoms with Gasteiger partial charge in [-0.05, 0) is 54.4 Å². The van der Waals surface area contributed by atoms with Crippen LogP contribution in [0.5, 0.6) is 11.5 Å². The minimum atomic E-state index is -0.462. The van der Waals surface area contributed by atoms with E-state index in [2.05, 4.69) is 4.98 Å². The molecule has 0 unspecified atom stereocenters. The Hall–Kier alpha value is -3.28. The number of aromatic nitrogens is 1. The number of nitro groups is 1. The van der Waals surface area contributed by atoms with Crippen LogP contribution in [0.1, 0.15) is 22.3 Å². The molecule has 0 atom stereocenters. The number of aryl methyl sites for hydroxylation is 1. The SMILES string of the molecule is O=C1CCc2cc(Oc3ccc4ncccc4c3[N+](=O)[O-])ccc21. The number of carbonyl (C=O) groups is 1. The molecule has 0 aliphatic heterocycles. The van der Waals surface area contributed by atoms with Crippen molar-refractivity contribution in [3.8, 4) is 11.5 Å². The topological polar surface area (TPSA) is 82.3 Å². The largest absolute Gasteiger partial charge is 0.450 e. The molecular weight excluding hydrogens is 308 g/mol. The summed E-state index contributed by atoms with van der Waals surface area (Å²) in [5.74, 6) is 0.763. The zero-order chi connectivity index (χ0) is 16.7. The van der Waals surface area contributed by atoms with Crippen molar-refractivity contribution in [2.24, 2.45) is 0 Å².